The number of rotatable bonds is 9. The van der Waals surface area contributed by atoms with E-state index in [1.165, 1.54) is 0 Å². The Kier molecular flexibility index (Phi) is 7.03. The smallest absolute Gasteiger partial charge is 0.234 e. The Balaban J connectivity index is 2.22. The lowest BCUT2D eigenvalue weighted by molar-refractivity contribution is -0.229. The van der Waals surface area contributed by atoms with Gasteiger partial charge in [-0.25, -0.2) is 5.06 Å². The van der Waals surface area contributed by atoms with Gasteiger partial charge in [-0.05, 0) is 43.9 Å². The van der Waals surface area contributed by atoms with Crippen LogP contribution >= 0.6 is 0 Å². The molecule has 0 radical (unpaired) electrons. The number of amides is 1. The van der Waals surface area contributed by atoms with Crippen molar-refractivity contribution in [3.8, 4) is 0 Å². The van der Waals surface area contributed by atoms with Gasteiger partial charge < -0.3 is 4.79 Å². The maximum absolute atomic E-state index is 12.3. The first-order valence-electron chi connectivity index (χ1n) is 10.5. The molecule has 1 amide bonds. The molecule has 0 fully saturated rings. The van der Waals surface area contributed by atoms with Crippen LogP contribution in [-0.2, 0) is 19.8 Å². The molecule has 160 valence electrons. The summed E-state index contributed by atoms with van der Waals surface area (Å²) >= 11 is 0. The average Bonchev–Trinajstić information content (AvgIpc) is 2.80. The zero-order chi connectivity index (χ0) is 22.3. The van der Waals surface area contributed by atoms with Gasteiger partial charge in [-0.3, -0.25) is 9.63 Å². The van der Waals surface area contributed by atoms with Crippen LogP contribution in [0.4, 0.5) is 0 Å². The van der Waals surface area contributed by atoms with E-state index in [2.05, 4.69) is 36.4 Å². The highest BCUT2D eigenvalue weighted by molar-refractivity contribution is 5.65. The monoisotopic (exact) mass is 415 g/mol. The molecule has 0 unspecified atom stereocenters. The predicted octanol–water partition coefficient (Wildman–Crippen LogP) is 5.17. The van der Waals surface area contributed by atoms with Crippen molar-refractivity contribution in [2.75, 3.05) is 0 Å². The molecule has 3 aromatic carbocycles. The van der Waals surface area contributed by atoms with Crippen molar-refractivity contribution < 1.29 is 14.4 Å². The number of benzene rings is 3. The Morgan fingerprint density at radius 3 is 1.42 bits per heavy atom. The average molecular weight is 416 g/mol. The number of nitrogens with zero attached hydrogens (tertiary/aromatic N) is 1. The minimum absolute atomic E-state index is 0.337. The number of carbonyl (C=O) groups is 2. The molecule has 4 nitrogen and oxygen atoms in total. The van der Waals surface area contributed by atoms with E-state index in [9.17, 15) is 9.59 Å². The fourth-order valence-electron chi connectivity index (χ4n) is 4.02. The lowest BCUT2D eigenvalue weighted by atomic mass is 9.66. The summed E-state index contributed by atoms with van der Waals surface area (Å²) in [6.07, 6.45) is 1.73. The number of hydrogen-bond donors (Lipinski definition) is 0. The Hall–Kier alpha value is -3.24. The summed E-state index contributed by atoms with van der Waals surface area (Å²) in [6, 6.07) is 29.5. The molecule has 0 heterocycles. The highest BCUT2D eigenvalue weighted by Gasteiger charge is 2.40. The molecular weight excluding hydrogens is 386 g/mol. The molecule has 0 aromatic heterocycles. The van der Waals surface area contributed by atoms with E-state index in [4.69, 9.17) is 4.84 Å². The van der Waals surface area contributed by atoms with Crippen LogP contribution in [0.2, 0.25) is 0 Å². The lowest BCUT2D eigenvalue weighted by Crippen LogP contribution is -2.46. The molecule has 0 aliphatic carbocycles. The van der Waals surface area contributed by atoms with E-state index in [1.807, 2.05) is 75.4 Å². The summed E-state index contributed by atoms with van der Waals surface area (Å²) < 4.78 is 0. The minimum Gasteiger partial charge on any atom is -0.301 e. The fourth-order valence-corrected chi connectivity index (χ4v) is 4.02. The topological polar surface area (TPSA) is 46.6 Å². The molecule has 1 atom stereocenters. The maximum Gasteiger partial charge on any atom is 0.234 e. The zero-order valence-electron chi connectivity index (χ0n) is 18.3. The summed E-state index contributed by atoms with van der Waals surface area (Å²) in [7, 11) is 0. The molecule has 0 saturated heterocycles. The van der Waals surface area contributed by atoms with Gasteiger partial charge in [0.2, 0.25) is 6.41 Å². The Morgan fingerprint density at radius 2 is 1.13 bits per heavy atom. The standard InChI is InChI=1S/C27H29NO3/c1-26(2,3)31-28(21-30)25(20-29)19-27(22-13-7-4-8-14-22,23-15-9-5-10-16-23)24-17-11-6-12-18-24/h4-18,20-21,25H,19H2,1-3H3/t25-/m1/s1. The highest BCUT2D eigenvalue weighted by atomic mass is 16.7. The zero-order valence-corrected chi connectivity index (χ0v) is 18.3. The van der Waals surface area contributed by atoms with Crippen LogP contribution in [0.3, 0.4) is 0 Å². The van der Waals surface area contributed by atoms with E-state index < -0.39 is 17.1 Å². The van der Waals surface area contributed by atoms with Gasteiger partial charge in [0.05, 0.1) is 5.60 Å². The number of hydrogen-bond acceptors (Lipinski definition) is 3. The van der Waals surface area contributed by atoms with E-state index in [1.54, 1.807) is 0 Å². The number of aldehydes is 1. The van der Waals surface area contributed by atoms with E-state index in [0.29, 0.717) is 12.8 Å². The van der Waals surface area contributed by atoms with Crippen LogP contribution in [0.1, 0.15) is 43.9 Å². The summed E-state index contributed by atoms with van der Waals surface area (Å²) in [5, 5.41) is 1.15. The van der Waals surface area contributed by atoms with Gasteiger partial charge in [0.1, 0.15) is 12.3 Å². The molecule has 0 aliphatic heterocycles. The number of carbonyl (C=O) groups excluding carboxylic acids is 2. The van der Waals surface area contributed by atoms with Gasteiger partial charge in [-0.2, -0.15) is 0 Å². The van der Waals surface area contributed by atoms with Crippen LogP contribution in [0.25, 0.3) is 0 Å². The van der Waals surface area contributed by atoms with Gasteiger partial charge in [0.15, 0.2) is 0 Å². The van der Waals surface area contributed by atoms with Gasteiger partial charge in [0, 0.05) is 5.41 Å². The second-order valence-electron chi connectivity index (χ2n) is 8.58. The SMILES string of the molecule is CC(C)(C)ON(C=O)[C@@H](C=O)CC(c1ccccc1)(c1ccccc1)c1ccccc1. The molecule has 31 heavy (non-hydrogen) atoms. The normalized spacial score (nSPS) is 12.7. The van der Waals surface area contributed by atoms with Gasteiger partial charge in [-0.1, -0.05) is 91.0 Å². The van der Waals surface area contributed by atoms with E-state index >= 15 is 0 Å². The van der Waals surface area contributed by atoms with Crippen LogP contribution in [0.15, 0.2) is 91.0 Å². The third-order valence-corrected chi connectivity index (χ3v) is 5.28. The minimum atomic E-state index is -0.780. The Labute approximate surface area is 184 Å². The molecule has 0 spiro atoms. The molecule has 0 saturated carbocycles. The summed E-state index contributed by atoms with van der Waals surface area (Å²) in [4.78, 5) is 30.0. The second kappa shape index (κ2) is 9.71. The first-order valence-corrected chi connectivity index (χ1v) is 10.5. The molecule has 3 rings (SSSR count). The van der Waals surface area contributed by atoms with Crippen molar-refractivity contribution in [3.05, 3.63) is 108 Å². The molecule has 0 N–H and O–H groups in total. The van der Waals surface area contributed by atoms with Crippen LogP contribution in [0.5, 0.6) is 0 Å². The van der Waals surface area contributed by atoms with Crippen LogP contribution in [0, 0.1) is 0 Å². The highest BCUT2D eigenvalue weighted by Crippen LogP contribution is 2.43. The first kappa shape index (κ1) is 22.4. The lowest BCUT2D eigenvalue weighted by Gasteiger charge is -2.40. The van der Waals surface area contributed by atoms with Gasteiger partial charge >= 0.3 is 0 Å². The summed E-state index contributed by atoms with van der Waals surface area (Å²) in [5.41, 5.74) is 1.86. The van der Waals surface area contributed by atoms with Crippen LogP contribution in [-0.4, -0.2) is 29.4 Å². The van der Waals surface area contributed by atoms with Crippen molar-refractivity contribution in [2.24, 2.45) is 0 Å². The Morgan fingerprint density at radius 1 is 0.742 bits per heavy atom. The quantitative estimate of drug-likeness (QED) is 0.275. The molecule has 3 aromatic rings. The van der Waals surface area contributed by atoms with Crippen LogP contribution < -0.4 is 0 Å². The first-order chi connectivity index (χ1) is 14.9. The molecule has 0 bridgehead atoms. The van der Waals surface area contributed by atoms with E-state index in [-0.39, 0.29) is 0 Å². The van der Waals surface area contributed by atoms with Gasteiger partial charge in [-0.15, -0.1) is 0 Å². The second-order valence-corrected chi connectivity index (χ2v) is 8.58. The van der Waals surface area contributed by atoms with Crippen molar-refractivity contribution in [1.29, 1.82) is 0 Å². The maximum atomic E-state index is 12.3. The number of hydroxylamine groups is 2. The van der Waals surface area contributed by atoms with Crippen molar-refractivity contribution in [2.45, 2.75) is 44.2 Å². The predicted molar refractivity (Wildman–Crippen MR) is 122 cm³/mol. The third-order valence-electron chi connectivity index (χ3n) is 5.28. The third kappa shape index (κ3) is 5.09. The van der Waals surface area contributed by atoms with Gasteiger partial charge in [0.25, 0.3) is 0 Å². The summed E-state index contributed by atoms with van der Waals surface area (Å²) in [5.74, 6) is 0. The Bertz CT molecular complexity index is 869. The molecule has 0 aliphatic rings. The fraction of sp³-hybridized carbons (Fsp3) is 0.259. The van der Waals surface area contributed by atoms with E-state index in [0.717, 1.165) is 28.0 Å². The molecular formula is C27H29NO3. The molecule has 4 heteroatoms. The largest absolute Gasteiger partial charge is 0.301 e. The van der Waals surface area contributed by atoms with Crippen molar-refractivity contribution in [3.63, 3.8) is 0 Å². The van der Waals surface area contributed by atoms with Crippen molar-refractivity contribution >= 4 is 12.7 Å². The van der Waals surface area contributed by atoms with Crippen molar-refractivity contribution in [1.82, 2.24) is 5.06 Å². The summed E-state index contributed by atoms with van der Waals surface area (Å²) in [6.45, 7) is 5.55.